The summed E-state index contributed by atoms with van der Waals surface area (Å²) in [6.45, 7) is 1.78. The normalized spacial score (nSPS) is 11.9. The largest absolute Gasteiger partial charge is 0.496 e. The lowest BCUT2D eigenvalue weighted by Crippen LogP contribution is -2.27. The number of nitrogens with one attached hydrogen (secondary N) is 2. The van der Waals surface area contributed by atoms with Gasteiger partial charge < -0.3 is 15.0 Å². The second-order valence-electron chi connectivity index (χ2n) is 5.48. The van der Waals surface area contributed by atoms with Crippen LogP contribution in [0.5, 0.6) is 5.75 Å². The molecular formula is C17H16N4O4. The van der Waals surface area contributed by atoms with Gasteiger partial charge >= 0.3 is 0 Å². The van der Waals surface area contributed by atoms with Crippen LogP contribution in [0.1, 0.15) is 29.1 Å². The van der Waals surface area contributed by atoms with E-state index in [1.54, 1.807) is 37.3 Å². The van der Waals surface area contributed by atoms with Crippen molar-refractivity contribution in [3.63, 3.8) is 0 Å². The molecule has 8 heteroatoms. The third kappa shape index (κ3) is 3.27. The number of nitro groups is 1. The zero-order chi connectivity index (χ0) is 18.0. The van der Waals surface area contributed by atoms with Crippen LogP contribution in [-0.4, -0.2) is 27.9 Å². The van der Waals surface area contributed by atoms with E-state index in [9.17, 15) is 14.9 Å². The van der Waals surface area contributed by atoms with Crippen molar-refractivity contribution in [2.24, 2.45) is 0 Å². The van der Waals surface area contributed by atoms with Crippen molar-refractivity contribution in [1.29, 1.82) is 0 Å². The lowest BCUT2D eigenvalue weighted by atomic mass is 10.1. The SMILES string of the molecule is COc1ccccc1C(=O)NC(C)c1nc2ccc([N+](=O)[O-])cc2[nH]1. The summed E-state index contributed by atoms with van der Waals surface area (Å²) in [5.41, 5.74) is 1.54. The number of nitro benzene ring substituents is 1. The van der Waals surface area contributed by atoms with E-state index in [1.165, 1.54) is 19.2 Å². The smallest absolute Gasteiger partial charge is 0.271 e. The number of rotatable bonds is 5. The number of para-hydroxylation sites is 1. The minimum Gasteiger partial charge on any atom is -0.496 e. The maximum atomic E-state index is 12.4. The van der Waals surface area contributed by atoms with Crippen LogP contribution in [0.3, 0.4) is 0 Å². The number of aromatic nitrogens is 2. The highest BCUT2D eigenvalue weighted by Crippen LogP contribution is 2.22. The first-order valence-corrected chi connectivity index (χ1v) is 7.57. The van der Waals surface area contributed by atoms with Gasteiger partial charge in [0.05, 0.1) is 34.7 Å². The van der Waals surface area contributed by atoms with Gasteiger partial charge in [0, 0.05) is 12.1 Å². The van der Waals surface area contributed by atoms with Crippen molar-refractivity contribution >= 4 is 22.6 Å². The number of ether oxygens (including phenoxy) is 1. The Hall–Kier alpha value is -3.42. The van der Waals surface area contributed by atoms with E-state index in [0.717, 1.165) is 0 Å². The van der Waals surface area contributed by atoms with Crippen LogP contribution in [0.15, 0.2) is 42.5 Å². The molecule has 0 fully saturated rings. The van der Waals surface area contributed by atoms with Crippen molar-refractivity contribution < 1.29 is 14.5 Å². The molecule has 0 aliphatic rings. The molecular weight excluding hydrogens is 324 g/mol. The summed E-state index contributed by atoms with van der Waals surface area (Å²) in [7, 11) is 1.50. The van der Waals surface area contributed by atoms with E-state index in [1.807, 2.05) is 0 Å². The summed E-state index contributed by atoms with van der Waals surface area (Å²) in [5, 5.41) is 13.7. The second kappa shape index (κ2) is 6.60. The molecule has 3 aromatic rings. The third-order valence-electron chi connectivity index (χ3n) is 3.80. The van der Waals surface area contributed by atoms with E-state index < -0.39 is 11.0 Å². The molecule has 25 heavy (non-hydrogen) atoms. The molecule has 0 spiro atoms. The number of benzene rings is 2. The molecule has 0 bridgehead atoms. The zero-order valence-corrected chi connectivity index (χ0v) is 13.6. The summed E-state index contributed by atoms with van der Waals surface area (Å²) in [6, 6.07) is 10.9. The third-order valence-corrected chi connectivity index (χ3v) is 3.80. The molecule has 0 saturated carbocycles. The number of amides is 1. The van der Waals surface area contributed by atoms with Gasteiger partial charge in [-0.15, -0.1) is 0 Å². The highest BCUT2D eigenvalue weighted by atomic mass is 16.6. The number of methoxy groups -OCH3 is 1. The standard InChI is InChI=1S/C17H16N4O4/c1-10(18-17(22)12-5-3-4-6-15(12)25-2)16-19-13-8-7-11(21(23)24)9-14(13)20-16/h3-10H,1-2H3,(H,18,22)(H,19,20). The van der Waals surface area contributed by atoms with Crippen LogP contribution in [-0.2, 0) is 0 Å². The first-order chi connectivity index (χ1) is 12.0. The van der Waals surface area contributed by atoms with Crippen molar-refractivity contribution in [2.75, 3.05) is 7.11 Å². The minimum atomic E-state index is -0.465. The Morgan fingerprint density at radius 2 is 2.08 bits per heavy atom. The van der Waals surface area contributed by atoms with Crippen molar-refractivity contribution in [3.8, 4) is 5.75 Å². The minimum absolute atomic E-state index is 0.0200. The highest BCUT2D eigenvalue weighted by Gasteiger charge is 2.18. The number of hydrogen-bond donors (Lipinski definition) is 2. The number of imidazole rings is 1. The number of carbonyl (C=O) groups is 1. The fourth-order valence-corrected chi connectivity index (χ4v) is 2.51. The van der Waals surface area contributed by atoms with Crippen LogP contribution in [0.4, 0.5) is 5.69 Å². The van der Waals surface area contributed by atoms with Gasteiger partial charge in [-0.3, -0.25) is 14.9 Å². The van der Waals surface area contributed by atoms with Gasteiger partial charge in [-0.25, -0.2) is 4.98 Å². The Kier molecular flexibility index (Phi) is 4.34. The molecule has 2 aromatic carbocycles. The monoisotopic (exact) mass is 340 g/mol. The number of carbonyl (C=O) groups excluding carboxylic acids is 1. The molecule has 1 heterocycles. The Morgan fingerprint density at radius 3 is 2.80 bits per heavy atom. The number of nitrogens with zero attached hydrogens (tertiary/aromatic N) is 2. The summed E-state index contributed by atoms with van der Waals surface area (Å²) in [4.78, 5) is 30.2. The van der Waals surface area contributed by atoms with Gasteiger partial charge in [0.1, 0.15) is 11.6 Å². The fraction of sp³-hybridized carbons (Fsp3) is 0.176. The first-order valence-electron chi connectivity index (χ1n) is 7.57. The van der Waals surface area contributed by atoms with Crippen LogP contribution >= 0.6 is 0 Å². The van der Waals surface area contributed by atoms with E-state index in [4.69, 9.17) is 4.74 Å². The topological polar surface area (TPSA) is 110 Å². The summed E-state index contributed by atoms with van der Waals surface area (Å²) in [5.74, 6) is 0.697. The number of H-pyrrole nitrogens is 1. The molecule has 2 N–H and O–H groups in total. The van der Waals surface area contributed by atoms with Crippen molar-refractivity contribution in [1.82, 2.24) is 15.3 Å². The molecule has 1 atom stereocenters. The predicted molar refractivity (Wildman–Crippen MR) is 91.6 cm³/mol. The van der Waals surface area contributed by atoms with Crippen LogP contribution in [0.25, 0.3) is 11.0 Å². The number of hydrogen-bond acceptors (Lipinski definition) is 5. The van der Waals surface area contributed by atoms with E-state index >= 15 is 0 Å². The van der Waals surface area contributed by atoms with Gasteiger partial charge in [-0.2, -0.15) is 0 Å². The van der Waals surface area contributed by atoms with E-state index in [0.29, 0.717) is 28.2 Å². The van der Waals surface area contributed by atoms with Crippen molar-refractivity contribution in [3.05, 3.63) is 64.0 Å². The Labute approximate surface area is 143 Å². The molecule has 1 aromatic heterocycles. The molecule has 0 aliphatic carbocycles. The number of aromatic amines is 1. The van der Waals surface area contributed by atoms with Crippen molar-refractivity contribution in [2.45, 2.75) is 13.0 Å². The van der Waals surface area contributed by atoms with Gasteiger partial charge in [-0.05, 0) is 25.1 Å². The Morgan fingerprint density at radius 1 is 1.32 bits per heavy atom. The highest BCUT2D eigenvalue weighted by molar-refractivity contribution is 5.97. The molecule has 8 nitrogen and oxygen atoms in total. The van der Waals surface area contributed by atoms with Gasteiger partial charge in [-0.1, -0.05) is 12.1 Å². The number of non-ortho nitro benzene ring substituents is 1. The molecule has 0 aliphatic heterocycles. The summed E-state index contributed by atoms with van der Waals surface area (Å²) >= 11 is 0. The summed E-state index contributed by atoms with van der Waals surface area (Å²) < 4.78 is 5.19. The predicted octanol–water partition coefficient (Wildman–Crippen LogP) is 2.97. The van der Waals surface area contributed by atoms with Gasteiger partial charge in [0.25, 0.3) is 11.6 Å². The second-order valence-corrected chi connectivity index (χ2v) is 5.48. The Balaban J connectivity index is 1.83. The fourth-order valence-electron chi connectivity index (χ4n) is 2.51. The summed E-state index contributed by atoms with van der Waals surface area (Å²) in [6.07, 6.45) is 0. The van der Waals surface area contributed by atoms with Gasteiger partial charge in [0.2, 0.25) is 0 Å². The quantitative estimate of drug-likeness (QED) is 0.548. The lowest BCUT2D eigenvalue weighted by Gasteiger charge is -2.13. The maximum absolute atomic E-state index is 12.4. The first kappa shape index (κ1) is 16.4. The molecule has 0 saturated heterocycles. The average Bonchev–Trinajstić information content (AvgIpc) is 3.04. The molecule has 1 amide bonds. The maximum Gasteiger partial charge on any atom is 0.271 e. The molecule has 3 rings (SSSR count). The number of fused-ring (bicyclic) bond motifs is 1. The Bertz CT molecular complexity index is 951. The lowest BCUT2D eigenvalue weighted by molar-refractivity contribution is -0.384. The van der Waals surface area contributed by atoms with Crippen LogP contribution in [0.2, 0.25) is 0 Å². The molecule has 128 valence electrons. The van der Waals surface area contributed by atoms with Crippen LogP contribution < -0.4 is 10.1 Å². The molecule has 0 radical (unpaired) electrons. The molecule has 1 unspecified atom stereocenters. The average molecular weight is 340 g/mol. The van der Waals surface area contributed by atoms with E-state index in [-0.39, 0.29) is 11.6 Å². The van der Waals surface area contributed by atoms with Gasteiger partial charge in [0.15, 0.2) is 0 Å². The van der Waals surface area contributed by atoms with E-state index in [2.05, 4.69) is 15.3 Å². The van der Waals surface area contributed by atoms with Crippen LogP contribution in [0, 0.1) is 10.1 Å². The zero-order valence-electron chi connectivity index (χ0n) is 13.6.